The molecule has 144 valence electrons. The first-order chi connectivity index (χ1) is 13.7. The van der Waals surface area contributed by atoms with Crippen molar-refractivity contribution in [3.05, 3.63) is 42.5 Å². The molecule has 3 aromatic rings. The molecule has 1 aliphatic heterocycles. The van der Waals surface area contributed by atoms with Crippen molar-refractivity contribution in [3.63, 3.8) is 0 Å². The van der Waals surface area contributed by atoms with Gasteiger partial charge in [-0.2, -0.15) is 4.37 Å². The first-order valence-electron chi connectivity index (χ1n) is 8.52. The zero-order valence-corrected chi connectivity index (χ0v) is 16.6. The molecule has 2 heterocycles. The zero-order chi connectivity index (χ0) is 19.3. The number of fused-ring (bicyclic) bond motifs is 1. The lowest BCUT2D eigenvalue weighted by atomic mass is 10.2. The highest BCUT2D eigenvalue weighted by Crippen LogP contribution is 2.33. The van der Waals surface area contributed by atoms with Crippen LogP contribution in [0.25, 0.3) is 11.4 Å². The largest absolute Gasteiger partial charge is 0.497 e. The van der Waals surface area contributed by atoms with Crippen molar-refractivity contribution >= 4 is 34.9 Å². The molecule has 2 aromatic carbocycles. The Morgan fingerprint density at radius 2 is 1.96 bits per heavy atom. The Bertz CT molecular complexity index is 976. The highest BCUT2D eigenvalue weighted by atomic mass is 32.2. The summed E-state index contributed by atoms with van der Waals surface area (Å²) in [5.41, 5.74) is 1.58. The van der Waals surface area contributed by atoms with Gasteiger partial charge in [0, 0.05) is 17.3 Å². The summed E-state index contributed by atoms with van der Waals surface area (Å²) < 4.78 is 21.3. The topological polar surface area (TPSA) is 82.6 Å². The summed E-state index contributed by atoms with van der Waals surface area (Å²) in [5.74, 6) is 2.88. The van der Waals surface area contributed by atoms with Crippen LogP contribution in [-0.2, 0) is 4.79 Å². The van der Waals surface area contributed by atoms with Gasteiger partial charge in [-0.05, 0) is 47.9 Å². The van der Waals surface area contributed by atoms with Gasteiger partial charge in [-0.25, -0.2) is 4.98 Å². The molecule has 0 saturated heterocycles. The first-order valence-corrected chi connectivity index (χ1v) is 10.3. The number of nitrogens with one attached hydrogen (secondary N) is 1. The molecule has 9 heteroatoms. The minimum atomic E-state index is -0.122. The van der Waals surface area contributed by atoms with E-state index >= 15 is 0 Å². The van der Waals surface area contributed by atoms with Crippen LogP contribution >= 0.6 is 23.3 Å². The van der Waals surface area contributed by atoms with Crippen LogP contribution in [-0.4, -0.2) is 41.3 Å². The van der Waals surface area contributed by atoms with Crippen molar-refractivity contribution in [2.24, 2.45) is 0 Å². The Morgan fingerprint density at radius 3 is 2.75 bits per heavy atom. The maximum Gasteiger partial charge on any atom is 0.234 e. The van der Waals surface area contributed by atoms with E-state index < -0.39 is 0 Å². The van der Waals surface area contributed by atoms with E-state index in [9.17, 15) is 4.79 Å². The molecule has 4 rings (SSSR count). The Hall–Kier alpha value is -2.78. The van der Waals surface area contributed by atoms with Crippen molar-refractivity contribution < 1.29 is 19.0 Å². The molecule has 1 aliphatic rings. The van der Waals surface area contributed by atoms with Crippen LogP contribution in [0.5, 0.6) is 17.2 Å². The van der Waals surface area contributed by atoms with Crippen LogP contribution < -0.4 is 19.5 Å². The maximum atomic E-state index is 12.2. The lowest BCUT2D eigenvalue weighted by Gasteiger charge is -2.18. The van der Waals surface area contributed by atoms with Crippen LogP contribution in [0.2, 0.25) is 0 Å². The predicted octanol–water partition coefficient (Wildman–Crippen LogP) is 3.72. The number of hydrogen-bond donors (Lipinski definition) is 1. The molecule has 1 aromatic heterocycles. The summed E-state index contributed by atoms with van der Waals surface area (Å²) in [5, 5.41) is 2.86. The second-order valence-electron chi connectivity index (χ2n) is 5.81. The van der Waals surface area contributed by atoms with Crippen LogP contribution in [0.3, 0.4) is 0 Å². The molecule has 28 heavy (non-hydrogen) atoms. The van der Waals surface area contributed by atoms with Crippen molar-refractivity contribution in [3.8, 4) is 28.6 Å². The van der Waals surface area contributed by atoms with E-state index in [0.29, 0.717) is 36.2 Å². The summed E-state index contributed by atoms with van der Waals surface area (Å²) in [6, 6.07) is 12.9. The number of thioether (sulfide) groups is 1. The van der Waals surface area contributed by atoms with Gasteiger partial charge in [0.2, 0.25) is 5.91 Å². The average molecular weight is 415 g/mol. The van der Waals surface area contributed by atoms with Gasteiger partial charge < -0.3 is 19.5 Å². The molecule has 0 atom stereocenters. The minimum Gasteiger partial charge on any atom is -0.497 e. The number of carbonyl (C=O) groups excluding carboxylic acids is 1. The molecule has 0 spiro atoms. The van der Waals surface area contributed by atoms with E-state index in [4.69, 9.17) is 14.2 Å². The molecule has 0 radical (unpaired) electrons. The van der Waals surface area contributed by atoms with Gasteiger partial charge >= 0.3 is 0 Å². The molecule has 0 aliphatic carbocycles. The van der Waals surface area contributed by atoms with Crippen LogP contribution in [0.15, 0.2) is 46.8 Å². The van der Waals surface area contributed by atoms with Crippen LogP contribution in [0.4, 0.5) is 5.69 Å². The van der Waals surface area contributed by atoms with E-state index in [1.807, 2.05) is 24.3 Å². The van der Waals surface area contributed by atoms with E-state index in [1.54, 1.807) is 25.3 Å². The molecule has 0 fully saturated rings. The molecule has 0 bridgehead atoms. The SMILES string of the molecule is COc1ccc(-c2nsc(SCC(=O)Nc3ccc4c(c3)OCCO4)n2)cc1. The Morgan fingerprint density at radius 1 is 1.18 bits per heavy atom. The van der Waals surface area contributed by atoms with E-state index in [-0.39, 0.29) is 11.7 Å². The third-order valence-corrected chi connectivity index (χ3v) is 5.74. The Balaban J connectivity index is 1.33. The third-order valence-electron chi connectivity index (χ3n) is 3.91. The van der Waals surface area contributed by atoms with E-state index in [1.165, 1.54) is 23.3 Å². The number of hydrogen-bond acceptors (Lipinski definition) is 8. The number of aromatic nitrogens is 2. The molecule has 1 N–H and O–H groups in total. The number of rotatable bonds is 6. The number of ether oxygens (including phenoxy) is 3. The van der Waals surface area contributed by atoms with E-state index in [0.717, 1.165) is 15.7 Å². The highest BCUT2D eigenvalue weighted by molar-refractivity contribution is 8.01. The molecule has 1 amide bonds. The van der Waals surface area contributed by atoms with Gasteiger partial charge in [0.1, 0.15) is 19.0 Å². The fourth-order valence-corrected chi connectivity index (χ4v) is 3.99. The number of carbonyl (C=O) groups is 1. The number of benzene rings is 2. The summed E-state index contributed by atoms with van der Waals surface area (Å²) in [6.07, 6.45) is 0. The van der Waals surface area contributed by atoms with Crippen molar-refractivity contribution in [2.75, 3.05) is 31.4 Å². The van der Waals surface area contributed by atoms with Crippen molar-refractivity contribution in [2.45, 2.75) is 4.34 Å². The molecular weight excluding hydrogens is 398 g/mol. The van der Waals surface area contributed by atoms with Gasteiger partial charge in [-0.1, -0.05) is 11.8 Å². The number of methoxy groups -OCH3 is 1. The summed E-state index contributed by atoms with van der Waals surface area (Å²) >= 11 is 2.63. The smallest absolute Gasteiger partial charge is 0.234 e. The minimum absolute atomic E-state index is 0.122. The fraction of sp³-hybridized carbons (Fsp3) is 0.211. The van der Waals surface area contributed by atoms with Gasteiger partial charge in [0.25, 0.3) is 0 Å². The van der Waals surface area contributed by atoms with Gasteiger partial charge in [0.05, 0.1) is 12.9 Å². The third kappa shape index (κ3) is 4.37. The second kappa shape index (κ2) is 8.49. The number of nitrogens with zero attached hydrogens (tertiary/aromatic N) is 2. The second-order valence-corrected chi connectivity index (χ2v) is 7.78. The summed E-state index contributed by atoms with van der Waals surface area (Å²) in [7, 11) is 1.63. The Kier molecular flexibility index (Phi) is 5.63. The fourth-order valence-electron chi connectivity index (χ4n) is 2.57. The molecule has 0 unspecified atom stereocenters. The van der Waals surface area contributed by atoms with Crippen molar-refractivity contribution in [1.82, 2.24) is 9.36 Å². The molecular formula is C19H17N3O4S2. The molecule has 7 nitrogen and oxygen atoms in total. The van der Waals surface area contributed by atoms with E-state index in [2.05, 4.69) is 14.7 Å². The lowest BCUT2D eigenvalue weighted by Crippen LogP contribution is -2.17. The zero-order valence-electron chi connectivity index (χ0n) is 15.0. The van der Waals surface area contributed by atoms with Crippen LogP contribution in [0.1, 0.15) is 0 Å². The summed E-state index contributed by atoms with van der Waals surface area (Å²) in [4.78, 5) is 16.7. The maximum absolute atomic E-state index is 12.2. The monoisotopic (exact) mass is 415 g/mol. The number of amides is 1. The number of anilines is 1. The quantitative estimate of drug-likeness (QED) is 0.615. The average Bonchev–Trinajstić information content (AvgIpc) is 3.21. The standard InChI is InChI=1S/C19H17N3O4S2/c1-24-14-5-2-12(3-6-14)18-21-19(28-22-18)27-11-17(23)20-13-4-7-15-16(10-13)26-9-8-25-15/h2-7,10H,8-9,11H2,1H3,(H,20,23). The lowest BCUT2D eigenvalue weighted by molar-refractivity contribution is -0.113. The summed E-state index contributed by atoms with van der Waals surface area (Å²) in [6.45, 7) is 1.05. The normalized spacial score (nSPS) is 12.5. The van der Waals surface area contributed by atoms with Crippen molar-refractivity contribution in [1.29, 1.82) is 0 Å². The first kappa shape index (κ1) is 18.6. The van der Waals surface area contributed by atoms with Gasteiger partial charge in [0.15, 0.2) is 21.7 Å². The highest BCUT2D eigenvalue weighted by Gasteiger charge is 2.14. The van der Waals surface area contributed by atoms with Gasteiger partial charge in [-0.3, -0.25) is 4.79 Å². The predicted molar refractivity (Wildman–Crippen MR) is 109 cm³/mol. The Labute approximate surface area is 170 Å². The van der Waals surface area contributed by atoms with Gasteiger partial charge in [-0.15, -0.1) is 0 Å². The molecule has 0 saturated carbocycles. The van der Waals surface area contributed by atoms with Crippen LogP contribution in [0, 0.1) is 0 Å².